The van der Waals surface area contributed by atoms with Crippen LogP contribution in [0.3, 0.4) is 0 Å². The van der Waals surface area contributed by atoms with Crippen LogP contribution in [0.2, 0.25) is 0 Å². The molecule has 1 aliphatic carbocycles. The summed E-state index contributed by atoms with van der Waals surface area (Å²) in [6.07, 6.45) is 8.53. The Labute approximate surface area is 236 Å². The van der Waals surface area contributed by atoms with Gasteiger partial charge < -0.3 is 19.6 Å². The molecule has 1 amide bonds. The van der Waals surface area contributed by atoms with Crippen LogP contribution in [0.15, 0.2) is 67.1 Å². The van der Waals surface area contributed by atoms with Gasteiger partial charge in [0, 0.05) is 61.0 Å². The molecule has 2 fully saturated rings. The fourth-order valence-electron chi connectivity index (χ4n) is 5.79. The molecule has 1 N–H and O–H groups in total. The molecule has 9 nitrogen and oxygen atoms in total. The molecule has 2 aliphatic heterocycles. The fourth-order valence-corrected chi connectivity index (χ4v) is 5.79. The van der Waals surface area contributed by atoms with Crippen molar-refractivity contribution in [3.63, 3.8) is 0 Å². The van der Waals surface area contributed by atoms with Gasteiger partial charge in [0.25, 0.3) is 5.91 Å². The van der Waals surface area contributed by atoms with Gasteiger partial charge in [-0.25, -0.2) is 4.79 Å². The van der Waals surface area contributed by atoms with Crippen LogP contribution >= 0.6 is 0 Å². The van der Waals surface area contributed by atoms with E-state index in [0.29, 0.717) is 66.5 Å². The summed E-state index contributed by atoms with van der Waals surface area (Å²) < 4.78 is 8.21. The number of fused-ring (bicyclic) bond motifs is 2. The zero-order valence-electron chi connectivity index (χ0n) is 22.4. The second kappa shape index (κ2) is 9.76. The zero-order chi connectivity index (χ0) is 28.1. The number of amides is 1. The fraction of sp³-hybridized carbons (Fsp3) is 0.312. The molecule has 4 heterocycles. The summed E-state index contributed by atoms with van der Waals surface area (Å²) in [6.45, 7) is 1.67. The quantitative estimate of drug-likeness (QED) is 0.364. The molecule has 2 aromatic heterocycles. The molecule has 9 heteroatoms. The highest BCUT2D eigenvalue weighted by Gasteiger charge is 2.44. The number of Topliss-reactive ketones (excluding diaryl/α,β-unsaturated/α-hetero) is 1. The second-order valence-corrected chi connectivity index (χ2v) is 11.3. The molecule has 0 bridgehead atoms. The molecule has 1 spiro atoms. The van der Waals surface area contributed by atoms with Crippen LogP contribution in [0.1, 0.15) is 63.2 Å². The summed E-state index contributed by atoms with van der Waals surface area (Å²) in [6, 6.07) is 14.6. The third-order valence-corrected chi connectivity index (χ3v) is 8.42. The molecule has 41 heavy (non-hydrogen) atoms. The van der Waals surface area contributed by atoms with Crippen molar-refractivity contribution < 1.29 is 29.1 Å². The summed E-state index contributed by atoms with van der Waals surface area (Å²) in [5.41, 5.74) is 2.73. The Balaban J connectivity index is 1.05. The van der Waals surface area contributed by atoms with Crippen molar-refractivity contribution in [2.45, 2.75) is 37.7 Å². The molecular weight excluding hydrogens is 522 g/mol. The first-order valence-corrected chi connectivity index (χ1v) is 14.0. The van der Waals surface area contributed by atoms with Crippen molar-refractivity contribution in [2.75, 3.05) is 19.7 Å². The highest BCUT2D eigenvalue weighted by molar-refractivity contribution is 6.02. The van der Waals surface area contributed by atoms with Gasteiger partial charge in [0.15, 0.2) is 5.78 Å². The number of benzene rings is 2. The SMILES string of the molecule is O=C(O)c1cncc(-c2ccc3c(c2)C(=O)CC2(CCN(C(=O)c4ccc5ccn(OCC6CC6)c5c4)CC2)O3)c1. The molecule has 0 radical (unpaired) electrons. The number of carbonyl (C=O) groups is 3. The summed E-state index contributed by atoms with van der Waals surface area (Å²) in [4.78, 5) is 49.9. The van der Waals surface area contributed by atoms with E-state index in [-0.39, 0.29) is 23.7 Å². The van der Waals surface area contributed by atoms with Crippen molar-refractivity contribution >= 4 is 28.6 Å². The lowest BCUT2D eigenvalue weighted by atomic mass is 9.82. The predicted octanol–water partition coefficient (Wildman–Crippen LogP) is 4.88. The number of aromatic nitrogens is 2. The first-order valence-electron chi connectivity index (χ1n) is 14.0. The maximum atomic E-state index is 13.5. The normalized spacial score (nSPS) is 17.8. The smallest absolute Gasteiger partial charge is 0.337 e. The number of ketones is 1. The number of hydrogen-bond donors (Lipinski definition) is 1. The lowest BCUT2D eigenvalue weighted by molar-refractivity contribution is -0.00571. The van der Waals surface area contributed by atoms with E-state index in [1.54, 1.807) is 23.1 Å². The third kappa shape index (κ3) is 4.81. The topological polar surface area (TPSA) is 111 Å². The predicted molar refractivity (Wildman–Crippen MR) is 150 cm³/mol. The van der Waals surface area contributed by atoms with Gasteiger partial charge in [-0.3, -0.25) is 14.6 Å². The number of likely N-dealkylation sites (tertiary alicyclic amines) is 1. The number of rotatable bonds is 6. The minimum atomic E-state index is -1.06. The van der Waals surface area contributed by atoms with E-state index >= 15 is 0 Å². The van der Waals surface area contributed by atoms with Gasteiger partial charge in [0.1, 0.15) is 18.0 Å². The van der Waals surface area contributed by atoms with Crippen molar-refractivity contribution in [1.82, 2.24) is 14.6 Å². The monoisotopic (exact) mass is 551 g/mol. The lowest BCUT2D eigenvalue weighted by Crippen LogP contribution is -2.52. The van der Waals surface area contributed by atoms with Gasteiger partial charge in [-0.05, 0) is 60.7 Å². The molecule has 7 rings (SSSR count). The lowest BCUT2D eigenvalue weighted by Gasteiger charge is -2.44. The Kier molecular flexibility index (Phi) is 6.03. The molecule has 4 aromatic rings. The number of hydrogen-bond acceptors (Lipinski definition) is 6. The van der Waals surface area contributed by atoms with Gasteiger partial charge in [0.2, 0.25) is 0 Å². The van der Waals surface area contributed by atoms with Crippen molar-refractivity contribution in [3.05, 3.63) is 83.8 Å². The number of aromatic carboxylic acids is 1. The van der Waals surface area contributed by atoms with Crippen LogP contribution in [-0.2, 0) is 0 Å². The Bertz CT molecular complexity index is 1700. The molecular formula is C32H29N3O6. The second-order valence-electron chi connectivity index (χ2n) is 11.3. The molecule has 0 atom stereocenters. The highest BCUT2D eigenvalue weighted by Crippen LogP contribution is 2.41. The Morgan fingerprint density at radius 3 is 2.61 bits per heavy atom. The number of carbonyl (C=O) groups excluding carboxylic acids is 2. The van der Waals surface area contributed by atoms with E-state index in [0.717, 1.165) is 10.9 Å². The number of nitrogens with zero attached hydrogens (tertiary/aromatic N) is 3. The molecule has 0 unspecified atom stereocenters. The molecule has 2 aromatic carbocycles. The number of carboxylic acids is 1. The van der Waals surface area contributed by atoms with Crippen LogP contribution < -0.4 is 9.57 Å². The van der Waals surface area contributed by atoms with Crippen molar-refractivity contribution in [3.8, 4) is 16.9 Å². The number of ether oxygens (including phenoxy) is 1. The summed E-state index contributed by atoms with van der Waals surface area (Å²) in [5, 5.41) is 10.3. The number of carboxylic acid groups (broad SMARTS) is 1. The van der Waals surface area contributed by atoms with Gasteiger partial charge in [-0.1, -0.05) is 12.1 Å². The maximum absolute atomic E-state index is 13.5. The number of piperidine rings is 1. The molecule has 208 valence electrons. The van der Waals surface area contributed by atoms with Gasteiger partial charge in [-0.15, -0.1) is 0 Å². The van der Waals surface area contributed by atoms with Crippen molar-refractivity contribution in [2.24, 2.45) is 5.92 Å². The Morgan fingerprint density at radius 2 is 1.83 bits per heavy atom. The first kappa shape index (κ1) is 25.3. The van der Waals surface area contributed by atoms with Crippen molar-refractivity contribution in [1.29, 1.82) is 0 Å². The van der Waals surface area contributed by atoms with E-state index in [1.165, 1.54) is 25.1 Å². The van der Waals surface area contributed by atoms with Crippen LogP contribution in [0.5, 0.6) is 5.75 Å². The zero-order valence-corrected chi connectivity index (χ0v) is 22.4. The Morgan fingerprint density at radius 1 is 1.00 bits per heavy atom. The highest BCUT2D eigenvalue weighted by atomic mass is 16.7. The van der Waals surface area contributed by atoms with Gasteiger partial charge in [-0.2, -0.15) is 4.73 Å². The number of pyridine rings is 1. The summed E-state index contributed by atoms with van der Waals surface area (Å²) >= 11 is 0. The minimum absolute atomic E-state index is 0.0207. The van der Waals surface area contributed by atoms with Crippen LogP contribution in [0, 0.1) is 5.92 Å². The maximum Gasteiger partial charge on any atom is 0.337 e. The van der Waals surface area contributed by atoms with E-state index in [1.807, 2.05) is 41.4 Å². The van der Waals surface area contributed by atoms with Crippen LogP contribution in [-0.4, -0.2) is 62.7 Å². The van der Waals surface area contributed by atoms with E-state index in [2.05, 4.69) is 4.98 Å². The van der Waals surface area contributed by atoms with Gasteiger partial charge >= 0.3 is 5.97 Å². The van der Waals surface area contributed by atoms with E-state index in [4.69, 9.17) is 9.57 Å². The Hall–Kier alpha value is -4.66. The van der Waals surface area contributed by atoms with Crippen LogP contribution in [0.25, 0.3) is 22.0 Å². The van der Waals surface area contributed by atoms with Crippen LogP contribution in [0.4, 0.5) is 0 Å². The standard InChI is InChI=1S/C32H29N3O6/c36-28-16-32(41-29-6-5-22(14-26(28)29)24-13-25(31(38)39)18-33-17-24)8-11-34(12-9-32)30(37)23-4-3-21-7-10-35(27(21)15-23)40-19-20-1-2-20/h3-7,10,13-15,17-18,20H,1-2,8-9,11-12,16,19H2,(H,38,39). The van der Waals surface area contributed by atoms with E-state index < -0.39 is 11.6 Å². The third-order valence-electron chi connectivity index (χ3n) is 8.42. The molecule has 1 saturated carbocycles. The average molecular weight is 552 g/mol. The summed E-state index contributed by atoms with van der Waals surface area (Å²) in [5.74, 6) is 0.0313. The largest absolute Gasteiger partial charge is 0.486 e. The molecule has 3 aliphatic rings. The first-order chi connectivity index (χ1) is 19.9. The van der Waals surface area contributed by atoms with Gasteiger partial charge in [0.05, 0.1) is 23.1 Å². The molecule has 1 saturated heterocycles. The summed E-state index contributed by atoms with van der Waals surface area (Å²) in [7, 11) is 0. The van der Waals surface area contributed by atoms with E-state index in [9.17, 15) is 19.5 Å². The minimum Gasteiger partial charge on any atom is -0.486 e. The average Bonchev–Trinajstić information content (AvgIpc) is 3.74.